The maximum absolute atomic E-state index is 11.8. The van der Waals surface area contributed by atoms with Crippen molar-refractivity contribution in [3.63, 3.8) is 0 Å². The molecule has 0 aliphatic carbocycles. The van der Waals surface area contributed by atoms with Crippen LogP contribution in [0.15, 0.2) is 54.6 Å². The minimum Gasteiger partial charge on any atom is -0.457 e. The van der Waals surface area contributed by atoms with E-state index in [2.05, 4.69) is 12.6 Å². The van der Waals surface area contributed by atoms with Crippen molar-refractivity contribution < 1.29 is 9.53 Å². The number of benzene rings is 2. The standard InChI is InChI=1S/C16H16O2S/c17-16(7-4-12-19)13-8-10-15(11-9-13)18-14-5-2-1-3-6-14/h1-3,5-6,8-11,19H,4,7,12H2. The van der Waals surface area contributed by atoms with E-state index in [1.807, 2.05) is 42.5 Å². The zero-order chi connectivity index (χ0) is 13.5. The summed E-state index contributed by atoms with van der Waals surface area (Å²) in [6.45, 7) is 0. The number of para-hydroxylation sites is 1. The van der Waals surface area contributed by atoms with Crippen molar-refractivity contribution in [1.29, 1.82) is 0 Å². The molecule has 0 N–H and O–H groups in total. The van der Waals surface area contributed by atoms with Crippen LogP contribution in [0.25, 0.3) is 0 Å². The zero-order valence-corrected chi connectivity index (χ0v) is 11.5. The first kappa shape index (κ1) is 13.7. The Kier molecular flexibility index (Phi) is 5.04. The van der Waals surface area contributed by atoms with E-state index in [1.165, 1.54) is 0 Å². The molecule has 2 nitrogen and oxygen atoms in total. The van der Waals surface area contributed by atoms with E-state index >= 15 is 0 Å². The van der Waals surface area contributed by atoms with Gasteiger partial charge in [-0.25, -0.2) is 0 Å². The summed E-state index contributed by atoms with van der Waals surface area (Å²) in [7, 11) is 0. The molecular weight excluding hydrogens is 256 g/mol. The maximum atomic E-state index is 11.8. The fraction of sp³-hybridized carbons (Fsp3) is 0.188. The molecule has 3 heteroatoms. The molecule has 0 saturated heterocycles. The van der Waals surface area contributed by atoms with Gasteiger partial charge in [0.25, 0.3) is 0 Å². The van der Waals surface area contributed by atoms with Crippen molar-refractivity contribution in [3.8, 4) is 11.5 Å². The van der Waals surface area contributed by atoms with Crippen LogP contribution in [0.5, 0.6) is 11.5 Å². The van der Waals surface area contributed by atoms with Crippen molar-refractivity contribution >= 4 is 18.4 Å². The molecule has 0 saturated carbocycles. The van der Waals surface area contributed by atoms with E-state index < -0.39 is 0 Å². The number of hydrogen-bond acceptors (Lipinski definition) is 3. The average molecular weight is 272 g/mol. The van der Waals surface area contributed by atoms with Crippen LogP contribution in [0.1, 0.15) is 23.2 Å². The summed E-state index contributed by atoms with van der Waals surface area (Å²) >= 11 is 4.11. The molecule has 0 unspecified atom stereocenters. The molecule has 0 atom stereocenters. The summed E-state index contributed by atoms with van der Waals surface area (Å²) in [5.41, 5.74) is 0.724. The first-order valence-corrected chi connectivity index (χ1v) is 6.90. The topological polar surface area (TPSA) is 26.3 Å². The highest BCUT2D eigenvalue weighted by Gasteiger charge is 2.05. The van der Waals surface area contributed by atoms with E-state index in [4.69, 9.17) is 4.74 Å². The Bertz CT molecular complexity index is 520. The van der Waals surface area contributed by atoms with Crippen molar-refractivity contribution in [2.24, 2.45) is 0 Å². The third kappa shape index (κ3) is 4.14. The first-order chi connectivity index (χ1) is 9.29. The summed E-state index contributed by atoms with van der Waals surface area (Å²) < 4.78 is 5.67. The minimum absolute atomic E-state index is 0.153. The number of thiol groups is 1. The highest BCUT2D eigenvalue weighted by molar-refractivity contribution is 7.80. The summed E-state index contributed by atoms with van der Waals surface area (Å²) in [6.07, 6.45) is 1.35. The molecule has 0 bridgehead atoms. The molecular formula is C16H16O2S. The minimum atomic E-state index is 0.153. The molecule has 0 aliphatic heterocycles. The van der Waals surface area contributed by atoms with Crippen molar-refractivity contribution in [2.45, 2.75) is 12.8 Å². The molecule has 0 aromatic heterocycles. The molecule has 2 aromatic rings. The third-order valence-corrected chi connectivity index (χ3v) is 3.03. The van der Waals surface area contributed by atoms with Gasteiger partial charge in [-0.05, 0) is 48.6 Å². The lowest BCUT2D eigenvalue weighted by Crippen LogP contribution is -1.99. The van der Waals surface area contributed by atoms with Crippen LogP contribution < -0.4 is 4.74 Å². The third-order valence-electron chi connectivity index (χ3n) is 2.72. The molecule has 0 radical (unpaired) electrons. The van der Waals surface area contributed by atoms with Crippen LogP contribution >= 0.6 is 12.6 Å². The van der Waals surface area contributed by atoms with Crippen molar-refractivity contribution in [1.82, 2.24) is 0 Å². The smallest absolute Gasteiger partial charge is 0.162 e. The number of hydrogen-bond donors (Lipinski definition) is 1. The van der Waals surface area contributed by atoms with E-state index in [0.29, 0.717) is 6.42 Å². The summed E-state index contributed by atoms with van der Waals surface area (Å²) in [5, 5.41) is 0. The number of ketones is 1. The number of carbonyl (C=O) groups is 1. The lowest BCUT2D eigenvalue weighted by molar-refractivity contribution is 0.0982. The van der Waals surface area contributed by atoms with Crippen molar-refractivity contribution in [3.05, 3.63) is 60.2 Å². The number of carbonyl (C=O) groups excluding carboxylic acids is 1. The highest BCUT2D eigenvalue weighted by atomic mass is 32.1. The molecule has 2 rings (SSSR count). The van der Waals surface area contributed by atoms with Gasteiger partial charge in [0, 0.05) is 12.0 Å². The van der Waals surface area contributed by atoms with Gasteiger partial charge in [0.2, 0.25) is 0 Å². The predicted octanol–water partition coefficient (Wildman–Crippen LogP) is 4.37. The second-order valence-corrected chi connectivity index (χ2v) is 4.64. The van der Waals surface area contributed by atoms with Crippen LogP contribution in [0.2, 0.25) is 0 Å². The molecule has 0 spiro atoms. The zero-order valence-electron chi connectivity index (χ0n) is 10.6. The molecule has 0 heterocycles. The van der Waals surface area contributed by atoms with Gasteiger partial charge in [-0.1, -0.05) is 18.2 Å². The Morgan fingerprint density at radius 3 is 2.21 bits per heavy atom. The van der Waals surface area contributed by atoms with E-state index in [9.17, 15) is 4.79 Å². The monoisotopic (exact) mass is 272 g/mol. The summed E-state index contributed by atoms with van der Waals surface area (Å²) in [4.78, 5) is 11.8. The first-order valence-electron chi connectivity index (χ1n) is 6.26. The van der Waals surface area contributed by atoms with Gasteiger partial charge in [-0.2, -0.15) is 12.6 Å². The largest absolute Gasteiger partial charge is 0.457 e. The normalized spacial score (nSPS) is 10.2. The average Bonchev–Trinajstić information content (AvgIpc) is 2.46. The number of ether oxygens (including phenoxy) is 1. The number of rotatable bonds is 6. The van der Waals surface area contributed by atoms with Crippen LogP contribution in [0.3, 0.4) is 0 Å². The number of Topliss-reactive ketones (excluding diaryl/α,β-unsaturated/α-hetero) is 1. The maximum Gasteiger partial charge on any atom is 0.162 e. The Labute approximate surface area is 118 Å². The van der Waals surface area contributed by atoms with Gasteiger partial charge < -0.3 is 4.74 Å². The van der Waals surface area contributed by atoms with E-state index in [1.54, 1.807) is 12.1 Å². The van der Waals surface area contributed by atoms with Gasteiger partial charge in [-0.15, -0.1) is 0 Å². The quantitative estimate of drug-likeness (QED) is 0.624. The van der Waals surface area contributed by atoms with E-state index in [-0.39, 0.29) is 5.78 Å². The molecule has 0 fully saturated rings. The van der Waals surface area contributed by atoms with Gasteiger partial charge in [0.05, 0.1) is 0 Å². The predicted molar refractivity (Wildman–Crippen MR) is 80.4 cm³/mol. The lowest BCUT2D eigenvalue weighted by Gasteiger charge is -2.06. The fourth-order valence-electron chi connectivity index (χ4n) is 1.72. The Morgan fingerprint density at radius 2 is 1.58 bits per heavy atom. The van der Waals surface area contributed by atoms with Gasteiger partial charge in [0.1, 0.15) is 11.5 Å². The van der Waals surface area contributed by atoms with Crippen LogP contribution in [0.4, 0.5) is 0 Å². The molecule has 98 valence electrons. The Morgan fingerprint density at radius 1 is 0.947 bits per heavy atom. The second kappa shape index (κ2) is 7.00. The molecule has 0 aliphatic rings. The van der Waals surface area contributed by atoms with Gasteiger partial charge in [0.15, 0.2) is 5.78 Å². The molecule has 19 heavy (non-hydrogen) atoms. The summed E-state index contributed by atoms with van der Waals surface area (Å²) in [5.74, 6) is 2.41. The molecule has 2 aromatic carbocycles. The Hall–Kier alpha value is -1.74. The second-order valence-electron chi connectivity index (χ2n) is 4.19. The fourth-order valence-corrected chi connectivity index (χ4v) is 1.88. The van der Waals surface area contributed by atoms with Crippen LogP contribution in [-0.4, -0.2) is 11.5 Å². The summed E-state index contributed by atoms with van der Waals surface area (Å²) in [6, 6.07) is 16.8. The van der Waals surface area contributed by atoms with Crippen LogP contribution in [0, 0.1) is 0 Å². The van der Waals surface area contributed by atoms with Gasteiger partial charge >= 0.3 is 0 Å². The lowest BCUT2D eigenvalue weighted by atomic mass is 10.1. The van der Waals surface area contributed by atoms with Crippen LogP contribution in [-0.2, 0) is 0 Å². The highest BCUT2D eigenvalue weighted by Crippen LogP contribution is 2.21. The molecule has 0 amide bonds. The SMILES string of the molecule is O=C(CCCS)c1ccc(Oc2ccccc2)cc1. The van der Waals surface area contributed by atoms with Gasteiger partial charge in [-0.3, -0.25) is 4.79 Å². The van der Waals surface area contributed by atoms with Crippen molar-refractivity contribution in [2.75, 3.05) is 5.75 Å². The van der Waals surface area contributed by atoms with E-state index in [0.717, 1.165) is 29.2 Å². The Balaban J connectivity index is 2.00.